The zero-order valence-corrected chi connectivity index (χ0v) is 23.3. The van der Waals surface area contributed by atoms with Crippen molar-refractivity contribution in [1.29, 1.82) is 0 Å². The third-order valence-electron chi connectivity index (χ3n) is 7.08. The Morgan fingerprint density at radius 3 is 2.36 bits per heavy atom. The van der Waals surface area contributed by atoms with Gasteiger partial charge in [-0.15, -0.1) is 0 Å². The fraction of sp³-hybridized carbons (Fsp3) is 0.500. The summed E-state index contributed by atoms with van der Waals surface area (Å²) >= 11 is 0. The second-order valence-corrected chi connectivity index (χ2v) is 12.0. The number of rotatable bonds is 11. The van der Waals surface area contributed by atoms with Crippen molar-refractivity contribution in [2.45, 2.75) is 77.2 Å². The fourth-order valence-corrected chi connectivity index (χ4v) is 5.74. The molecule has 7 nitrogen and oxygen atoms in total. The van der Waals surface area contributed by atoms with Gasteiger partial charge in [-0.2, -0.15) is 13.2 Å². The number of alkyl halides is 3. The molecular weight excluding hydrogens is 531 g/mol. The summed E-state index contributed by atoms with van der Waals surface area (Å²) in [5.74, 6) is -0.588. The number of aryl methyl sites for hydroxylation is 1. The fourth-order valence-electron chi connectivity index (χ4n) is 4.79. The molecule has 2 aromatic carbocycles. The van der Waals surface area contributed by atoms with Gasteiger partial charge >= 0.3 is 6.18 Å². The predicted molar refractivity (Wildman–Crippen MR) is 144 cm³/mol. The van der Waals surface area contributed by atoms with Gasteiger partial charge in [-0.3, -0.25) is 13.9 Å². The van der Waals surface area contributed by atoms with Gasteiger partial charge in [-0.05, 0) is 62.4 Å². The summed E-state index contributed by atoms with van der Waals surface area (Å²) in [6.07, 6.45) is 0.167. The summed E-state index contributed by atoms with van der Waals surface area (Å²) in [4.78, 5) is 28.0. The van der Waals surface area contributed by atoms with Crippen molar-refractivity contribution >= 4 is 27.5 Å². The number of nitrogens with one attached hydrogen (secondary N) is 1. The summed E-state index contributed by atoms with van der Waals surface area (Å²) in [5.41, 5.74) is 0.761. The maximum atomic E-state index is 13.4. The van der Waals surface area contributed by atoms with Crippen LogP contribution in [-0.2, 0) is 32.3 Å². The predicted octanol–water partition coefficient (Wildman–Crippen LogP) is 5.04. The number of nitrogens with zero attached hydrogens (tertiary/aromatic N) is 2. The lowest BCUT2D eigenvalue weighted by atomic mass is 10.1. The van der Waals surface area contributed by atoms with E-state index in [1.54, 1.807) is 6.92 Å². The highest BCUT2D eigenvalue weighted by Crippen LogP contribution is 2.32. The van der Waals surface area contributed by atoms with Crippen LogP contribution in [0.25, 0.3) is 0 Å². The Labute approximate surface area is 228 Å². The molecule has 0 unspecified atom stereocenters. The molecule has 0 saturated heterocycles. The van der Waals surface area contributed by atoms with Gasteiger partial charge in [0, 0.05) is 25.6 Å². The highest BCUT2D eigenvalue weighted by atomic mass is 32.2. The van der Waals surface area contributed by atoms with E-state index < -0.39 is 27.8 Å². The second kappa shape index (κ2) is 12.8. The van der Waals surface area contributed by atoms with Gasteiger partial charge in [0.25, 0.3) is 0 Å². The van der Waals surface area contributed by atoms with Gasteiger partial charge in [-0.25, -0.2) is 8.42 Å². The lowest BCUT2D eigenvalue weighted by molar-refractivity contribution is -0.141. The van der Waals surface area contributed by atoms with Crippen LogP contribution in [0.1, 0.15) is 62.1 Å². The minimum Gasteiger partial charge on any atom is -0.352 e. The molecule has 0 spiro atoms. The molecule has 1 N–H and O–H groups in total. The van der Waals surface area contributed by atoms with Crippen LogP contribution in [0, 0.1) is 6.92 Å². The van der Waals surface area contributed by atoms with E-state index in [4.69, 9.17) is 0 Å². The van der Waals surface area contributed by atoms with E-state index in [2.05, 4.69) is 5.32 Å². The van der Waals surface area contributed by atoms with E-state index in [9.17, 15) is 31.2 Å². The van der Waals surface area contributed by atoms with Gasteiger partial charge in [-0.1, -0.05) is 43.2 Å². The van der Waals surface area contributed by atoms with Crippen LogP contribution in [0.5, 0.6) is 0 Å². The maximum absolute atomic E-state index is 13.4. The lowest BCUT2D eigenvalue weighted by Gasteiger charge is -2.30. The van der Waals surface area contributed by atoms with Crippen molar-refractivity contribution in [2.24, 2.45) is 0 Å². The average molecular weight is 568 g/mol. The molecule has 0 aromatic heterocycles. The zero-order chi connectivity index (χ0) is 28.8. The molecule has 0 heterocycles. The number of sulfonamides is 1. The first-order chi connectivity index (χ1) is 18.3. The van der Waals surface area contributed by atoms with Crippen LogP contribution in [0.3, 0.4) is 0 Å². The summed E-state index contributed by atoms with van der Waals surface area (Å²) in [6.45, 7) is 3.60. The number of benzene rings is 2. The topological polar surface area (TPSA) is 86.8 Å². The molecule has 214 valence electrons. The van der Waals surface area contributed by atoms with Crippen LogP contribution in [-0.4, -0.2) is 50.0 Å². The van der Waals surface area contributed by atoms with Crippen LogP contribution < -0.4 is 9.62 Å². The van der Waals surface area contributed by atoms with Crippen molar-refractivity contribution in [3.63, 3.8) is 0 Å². The molecule has 1 saturated carbocycles. The van der Waals surface area contributed by atoms with Crippen molar-refractivity contribution in [3.8, 4) is 0 Å². The lowest BCUT2D eigenvalue weighted by Crippen LogP contribution is -2.49. The van der Waals surface area contributed by atoms with Crippen LogP contribution >= 0.6 is 0 Å². The number of hydrogen-bond acceptors (Lipinski definition) is 4. The van der Waals surface area contributed by atoms with Gasteiger partial charge < -0.3 is 10.2 Å². The molecule has 1 aliphatic rings. The van der Waals surface area contributed by atoms with Crippen LogP contribution in [0.15, 0.2) is 48.5 Å². The largest absolute Gasteiger partial charge is 0.416 e. The Morgan fingerprint density at radius 1 is 1.08 bits per heavy atom. The molecule has 1 atom stereocenters. The monoisotopic (exact) mass is 567 g/mol. The number of anilines is 1. The van der Waals surface area contributed by atoms with Gasteiger partial charge in [0.1, 0.15) is 6.04 Å². The van der Waals surface area contributed by atoms with Gasteiger partial charge in [0.2, 0.25) is 21.8 Å². The van der Waals surface area contributed by atoms with E-state index in [0.717, 1.165) is 65.6 Å². The third kappa shape index (κ3) is 8.45. The average Bonchev–Trinajstić information content (AvgIpc) is 3.37. The zero-order valence-electron chi connectivity index (χ0n) is 22.5. The quantitative estimate of drug-likeness (QED) is 0.413. The number of amides is 2. The molecule has 0 bridgehead atoms. The molecule has 0 aliphatic heterocycles. The number of carbonyl (C=O) groups is 2. The molecule has 3 rings (SSSR count). The van der Waals surface area contributed by atoms with Gasteiger partial charge in [0.05, 0.1) is 17.5 Å². The first-order valence-corrected chi connectivity index (χ1v) is 14.9. The number of hydrogen-bond donors (Lipinski definition) is 1. The van der Waals surface area contributed by atoms with E-state index in [0.29, 0.717) is 0 Å². The highest BCUT2D eigenvalue weighted by Gasteiger charge is 2.32. The summed E-state index contributed by atoms with van der Waals surface area (Å²) in [5, 5.41) is 3.04. The van der Waals surface area contributed by atoms with Crippen molar-refractivity contribution in [1.82, 2.24) is 10.2 Å². The van der Waals surface area contributed by atoms with E-state index >= 15 is 0 Å². The summed E-state index contributed by atoms with van der Waals surface area (Å²) in [6, 6.07) is 11.0. The Morgan fingerprint density at radius 2 is 1.74 bits per heavy atom. The second-order valence-electron chi connectivity index (χ2n) is 10.1. The normalized spacial score (nSPS) is 15.1. The molecule has 2 aromatic rings. The SMILES string of the molecule is Cc1ccccc1CN(C(=O)CCCN(c1cccc(C(F)(F)F)c1)S(C)(=O)=O)[C@@H](C)C(=O)NC1CCCC1. The minimum atomic E-state index is -4.62. The molecule has 0 radical (unpaired) electrons. The van der Waals surface area contributed by atoms with Crippen LogP contribution in [0.4, 0.5) is 18.9 Å². The molecule has 11 heteroatoms. The third-order valence-corrected chi connectivity index (χ3v) is 8.28. The first kappa shape index (κ1) is 30.5. The smallest absolute Gasteiger partial charge is 0.352 e. The van der Waals surface area contributed by atoms with E-state index in [1.165, 1.54) is 11.0 Å². The first-order valence-electron chi connectivity index (χ1n) is 13.1. The molecule has 39 heavy (non-hydrogen) atoms. The molecule has 1 aliphatic carbocycles. The number of halogens is 3. The van der Waals surface area contributed by atoms with Crippen molar-refractivity contribution in [3.05, 3.63) is 65.2 Å². The van der Waals surface area contributed by atoms with Gasteiger partial charge in [0.15, 0.2) is 0 Å². The van der Waals surface area contributed by atoms with Crippen molar-refractivity contribution < 1.29 is 31.2 Å². The van der Waals surface area contributed by atoms with E-state index in [-0.39, 0.29) is 49.5 Å². The van der Waals surface area contributed by atoms with E-state index in [1.807, 2.05) is 31.2 Å². The highest BCUT2D eigenvalue weighted by molar-refractivity contribution is 7.92. The number of carbonyl (C=O) groups excluding carboxylic acids is 2. The summed E-state index contributed by atoms with van der Waals surface area (Å²) in [7, 11) is -3.92. The van der Waals surface area contributed by atoms with Crippen LogP contribution in [0.2, 0.25) is 0 Å². The standard InChI is InChI=1S/C28H36F3N3O4S/c1-20-10-4-5-11-22(20)19-33(21(2)27(36)32-24-13-6-7-14-24)26(35)16-9-17-34(39(3,37)38)25-15-8-12-23(18-25)28(29,30)31/h4-5,8,10-12,15,18,21,24H,6-7,9,13-14,16-17,19H2,1-3H3,(H,32,36)/t21-/m0/s1. The molecule has 1 fully saturated rings. The Bertz CT molecular complexity index is 1260. The summed E-state index contributed by atoms with van der Waals surface area (Å²) < 4.78 is 65.4. The molecule has 2 amide bonds. The minimum absolute atomic E-state index is 0.0589. The Balaban J connectivity index is 1.75. The van der Waals surface area contributed by atoms with Crippen molar-refractivity contribution in [2.75, 3.05) is 17.1 Å². The Kier molecular flexibility index (Phi) is 10.0. The molecular formula is C28H36F3N3O4S. The maximum Gasteiger partial charge on any atom is 0.416 e. The Hall–Kier alpha value is -3.08.